The minimum absolute atomic E-state index is 0.0516. The van der Waals surface area contributed by atoms with Gasteiger partial charge in [-0.05, 0) is 51.0 Å². The minimum Gasteiger partial charge on any atom is -0.462 e. The van der Waals surface area contributed by atoms with Crippen molar-refractivity contribution in [3.8, 4) is 0 Å². The van der Waals surface area contributed by atoms with E-state index in [2.05, 4.69) is 99.6 Å². The van der Waals surface area contributed by atoms with Gasteiger partial charge in [-0.15, -0.1) is 0 Å². The average molecular weight is 514 g/mol. The first kappa shape index (κ1) is 27.9. The van der Waals surface area contributed by atoms with Crippen LogP contribution in [0.5, 0.6) is 0 Å². The van der Waals surface area contributed by atoms with E-state index in [1.54, 1.807) is 0 Å². The van der Waals surface area contributed by atoms with Gasteiger partial charge in [0.25, 0.3) is 0 Å². The molecule has 4 heteroatoms. The van der Waals surface area contributed by atoms with Crippen molar-refractivity contribution in [2.45, 2.75) is 85.0 Å². The number of nitrogens with zero attached hydrogens (tertiary/aromatic N) is 2. The van der Waals surface area contributed by atoms with Gasteiger partial charge >= 0.3 is 5.97 Å². The fourth-order valence-electron chi connectivity index (χ4n) is 6.01. The maximum absolute atomic E-state index is 12.5. The molecule has 0 fully saturated rings. The van der Waals surface area contributed by atoms with Crippen molar-refractivity contribution >= 4 is 23.1 Å². The molecule has 38 heavy (non-hydrogen) atoms. The molecule has 0 saturated heterocycles. The lowest BCUT2D eigenvalue weighted by Crippen LogP contribution is -2.28. The van der Waals surface area contributed by atoms with Gasteiger partial charge in [0, 0.05) is 47.5 Å². The molecule has 0 unspecified atom stereocenters. The second-order valence-corrected chi connectivity index (χ2v) is 11.5. The number of rotatable bonds is 10. The van der Waals surface area contributed by atoms with Crippen molar-refractivity contribution in [3.05, 3.63) is 83.1 Å². The van der Waals surface area contributed by atoms with E-state index in [0.29, 0.717) is 12.2 Å². The Kier molecular flexibility index (Phi) is 8.30. The number of hydrogen-bond donors (Lipinski definition) is 0. The molecule has 0 bridgehead atoms. The van der Waals surface area contributed by atoms with E-state index in [-0.39, 0.29) is 16.8 Å². The van der Waals surface area contributed by atoms with Gasteiger partial charge in [0.05, 0.1) is 17.6 Å². The summed E-state index contributed by atoms with van der Waals surface area (Å²) < 4.78 is 7.81. The third-order valence-corrected chi connectivity index (χ3v) is 8.18. The van der Waals surface area contributed by atoms with Crippen LogP contribution in [0.25, 0.3) is 0 Å². The maximum Gasteiger partial charge on any atom is 0.338 e. The average Bonchev–Trinajstić information content (AvgIpc) is 3.24. The van der Waals surface area contributed by atoms with E-state index in [9.17, 15) is 4.79 Å². The first-order valence-electron chi connectivity index (χ1n) is 14.4. The summed E-state index contributed by atoms with van der Waals surface area (Å²) in [7, 11) is 0. The highest BCUT2D eigenvalue weighted by Gasteiger charge is 2.44. The topological polar surface area (TPSA) is 32.5 Å². The fourth-order valence-corrected chi connectivity index (χ4v) is 6.01. The van der Waals surface area contributed by atoms with Crippen LogP contribution >= 0.6 is 0 Å². The molecule has 0 N–H and O–H groups in total. The van der Waals surface area contributed by atoms with Crippen LogP contribution in [0.3, 0.4) is 0 Å². The zero-order chi connectivity index (χ0) is 27.5. The number of esters is 1. The molecule has 2 aliphatic heterocycles. The van der Waals surface area contributed by atoms with E-state index in [1.807, 2.05) is 19.1 Å². The Labute approximate surface area is 229 Å². The van der Waals surface area contributed by atoms with Gasteiger partial charge in [-0.2, -0.15) is 4.58 Å². The van der Waals surface area contributed by atoms with Crippen molar-refractivity contribution in [1.29, 1.82) is 0 Å². The summed E-state index contributed by atoms with van der Waals surface area (Å²) in [5.74, 6) is -0.257. The summed E-state index contributed by atoms with van der Waals surface area (Å²) in [6.45, 7) is 17.9. The molecule has 0 aromatic heterocycles. The second kappa shape index (κ2) is 11.3. The van der Waals surface area contributed by atoms with Gasteiger partial charge in [-0.3, -0.25) is 0 Å². The second-order valence-electron chi connectivity index (χ2n) is 11.5. The van der Waals surface area contributed by atoms with Crippen LogP contribution < -0.4 is 4.90 Å². The molecule has 2 aliphatic rings. The highest BCUT2D eigenvalue weighted by molar-refractivity contribution is 6.03. The number of allylic oxidation sites excluding steroid dienone is 4. The quantitative estimate of drug-likeness (QED) is 0.238. The van der Waals surface area contributed by atoms with Crippen molar-refractivity contribution < 1.29 is 14.1 Å². The van der Waals surface area contributed by atoms with Crippen molar-refractivity contribution in [1.82, 2.24) is 0 Å². The third-order valence-electron chi connectivity index (χ3n) is 8.18. The van der Waals surface area contributed by atoms with Crippen LogP contribution in [-0.4, -0.2) is 36.0 Å². The molecule has 0 radical (unpaired) electrons. The van der Waals surface area contributed by atoms with Crippen LogP contribution in [-0.2, 0) is 15.6 Å². The Balaban J connectivity index is 1.75. The molecule has 2 aromatic rings. The number of benzene rings is 2. The fraction of sp³-hybridized carbons (Fsp3) is 0.471. The summed E-state index contributed by atoms with van der Waals surface area (Å²) in [5.41, 5.74) is 8.13. The minimum atomic E-state index is -0.257. The lowest BCUT2D eigenvalue weighted by Gasteiger charge is -2.27. The van der Waals surface area contributed by atoms with Gasteiger partial charge in [0.15, 0.2) is 5.71 Å². The Morgan fingerprint density at radius 2 is 1.68 bits per heavy atom. The van der Waals surface area contributed by atoms with Crippen molar-refractivity contribution in [2.75, 3.05) is 24.6 Å². The van der Waals surface area contributed by atoms with Crippen LogP contribution in [0.2, 0.25) is 0 Å². The monoisotopic (exact) mass is 513 g/mol. The Morgan fingerprint density at radius 1 is 0.947 bits per heavy atom. The highest BCUT2D eigenvalue weighted by atomic mass is 16.5. The van der Waals surface area contributed by atoms with Crippen molar-refractivity contribution in [2.24, 2.45) is 0 Å². The summed E-state index contributed by atoms with van der Waals surface area (Å²) >= 11 is 0. The van der Waals surface area contributed by atoms with Gasteiger partial charge in [-0.25, -0.2) is 4.79 Å². The van der Waals surface area contributed by atoms with Gasteiger partial charge < -0.3 is 9.64 Å². The van der Waals surface area contributed by atoms with E-state index in [0.717, 1.165) is 31.6 Å². The first-order valence-corrected chi connectivity index (χ1v) is 14.4. The van der Waals surface area contributed by atoms with Crippen LogP contribution in [0.15, 0.2) is 66.4 Å². The van der Waals surface area contributed by atoms with Crippen molar-refractivity contribution in [3.63, 3.8) is 0 Å². The normalized spacial score (nSPS) is 18.4. The summed E-state index contributed by atoms with van der Waals surface area (Å²) in [6, 6.07) is 14.9. The summed E-state index contributed by atoms with van der Waals surface area (Å²) in [5, 5.41) is 0. The Bertz CT molecular complexity index is 1280. The first-order chi connectivity index (χ1) is 18.2. The molecule has 0 aliphatic carbocycles. The molecule has 202 valence electrons. The molecule has 0 atom stereocenters. The summed E-state index contributed by atoms with van der Waals surface area (Å²) in [4.78, 5) is 14.9. The molecule has 2 aromatic carbocycles. The number of para-hydroxylation sites is 1. The number of carbonyl (C=O) groups excluding carboxylic acids is 1. The number of ether oxygens (including phenoxy) is 1. The standard InChI is InChI=1S/C34H45N2O2/c1-8-11-22-35-28-17-14-13-16-26(28)33(4,5)30(35)18-15-19-31-34(6,7)27-21-20-25(32(37)38-10-3)24-29(27)36(31)23-12-9-2/h13-21,24H,8-12,22-23H2,1-7H3/q+1. The van der Waals surface area contributed by atoms with Crippen LogP contribution in [0.4, 0.5) is 11.4 Å². The molecule has 2 heterocycles. The molecule has 4 rings (SSSR count). The van der Waals surface area contributed by atoms with Crippen LogP contribution in [0, 0.1) is 0 Å². The van der Waals surface area contributed by atoms with E-state index < -0.39 is 0 Å². The van der Waals surface area contributed by atoms with Crippen LogP contribution in [0.1, 0.15) is 95.6 Å². The van der Waals surface area contributed by atoms with Gasteiger partial charge in [0.1, 0.15) is 6.54 Å². The Hall–Kier alpha value is -3.14. The van der Waals surface area contributed by atoms with E-state index >= 15 is 0 Å². The third kappa shape index (κ3) is 4.98. The number of carbonyl (C=O) groups is 1. The smallest absolute Gasteiger partial charge is 0.338 e. The predicted octanol–water partition coefficient (Wildman–Crippen LogP) is 8.08. The molecule has 0 saturated carbocycles. The van der Waals surface area contributed by atoms with Gasteiger partial charge in [0.2, 0.25) is 5.69 Å². The lowest BCUT2D eigenvalue weighted by atomic mass is 9.81. The number of fused-ring (bicyclic) bond motifs is 2. The molecular formula is C34H45N2O2+. The maximum atomic E-state index is 12.5. The molecular weight excluding hydrogens is 468 g/mol. The summed E-state index contributed by atoms with van der Waals surface area (Å²) in [6.07, 6.45) is 11.4. The zero-order valence-electron chi connectivity index (χ0n) is 24.4. The molecule has 0 amide bonds. The van der Waals surface area contributed by atoms with E-state index in [1.165, 1.54) is 41.1 Å². The highest BCUT2D eigenvalue weighted by Crippen LogP contribution is 2.48. The zero-order valence-corrected chi connectivity index (χ0v) is 24.4. The van der Waals surface area contributed by atoms with Gasteiger partial charge in [-0.1, -0.05) is 70.9 Å². The number of anilines is 1. The largest absolute Gasteiger partial charge is 0.462 e. The molecule has 0 spiro atoms. The Morgan fingerprint density at radius 3 is 2.39 bits per heavy atom. The SMILES string of the molecule is CCCCN1C(=CC=CC2=[N+](CCCC)c3ccccc3C2(C)C)C(C)(C)c2ccc(C(=O)OCC)cc21. The number of unbranched alkanes of at least 4 members (excludes halogenated alkanes) is 2. The number of hydrogen-bond acceptors (Lipinski definition) is 3. The lowest BCUT2D eigenvalue weighted by molar-refractivity contribution is -0.438. The molecule has 4 nitrogen and oxygen atoms in total. The van der Waals surface area contributed by atoms with E-state index in [4.69, 9.17) is 4.74 Å². The predicted molar refractivity (Wildman–Crippen MR) is 159 cm³/mol.